The zero-order valence-corrected chi connectivity index (χ0v) is 19.4. The van der Waals surface area contributed by atoms with Gasteiger partial charge < -0.3 is 15.7 Å². The fraction of sp³-hybridized carbons (Fsp3) is 0.480. The third-order valence-electron chi connectivity index (χ3n) is 6.57. The molecule has 1 aliphatic carbocycles. The lowest BCUT2D eigenvalue weighted by Crippen LogP contribution is -2.39. The van der Waals surface area contributed by atoms with Crippen LogP contribution in [0, 0.1) is 6.92 Å². The van der Waals surface area contributed by atoms with Crippen LogP contribution in [0.2, 0.25) is 0 Å². The highest BCUT2D eigenvalue weighted by Gasteiger charge is 2.35. The summed E-state index contributed by atoms with van der Waals surface area (Å²) in [5, 5.41) is 19.0. The maximum Gasteiger partial charge on any atom is 0.223 e. The highest BCUT2D eigenvalue weighted by atomic mass is 32.1. The summed E-state index contributed by atoms with van der Waals surface area (Å²) in [4.78, 5) is 15.4. The van der Waals surface area contributed by atoms with E-state index in [4.69, 9.17) is 9.97 Å². The number of thiazole rings is 1. The van der Waals surface area contributed by atoms with Crippen molar-refractivity contribution in [3.63, 3.8) is 0 Å². The van der Waals surface area contributed by atoms with Gasteiger partial charge in [-0.3, -0.25) is 0 Å². The number of aliphatic hydroxyl groups is 1. The predicted molar refractivity (Wildman–Crippen MR) is 130 cm³/mol. The molecule has 2 aliphatic rings. The van der Waals surface area contributed by atoms with Crippen LogP contribution < -0.4 is 10.6 Å². The summed E-state index contributed by atoms with van der Waals surface area (Å²) in [5.74, 6) is 0.681. The molecule has 3 heterocycles. The number of piperidine rings is 1. The van der Waals surface area contributed by atoms with Crippen molar-refractivity contribution in [1.82, 2.24) is 20.3 Å². The topological polar surface area (TPSA) is 83.0 Å². The van der Waals surface area contributed by atoms with Gasteiger partial charge in [0, 0.05) is 17.8 Å². The van der Waals surface area contributed by atoms with Crippen molar-refractivity contribution in [2.45, 2.75) is 63.5 Å². The molecule has 3 aromatic rings. The van der Waals surface area contributed by atoms with E-state index in [1.807, 2.05) is 12.3 Å². The van der Waals surface area contributed by atoms with E-state index in [0.29, 0.717) is 24.8 Å². The summed E-state index contributed by atoms with van der Waals surface area (Å²) >= 11 is 1.57. The normalized spacial score (nSPS) is 19.1. The van der Waals surface area contributed by atoms with Gasteiger partial charge >= 0.3 is 0 Å². The molecule has 0 bridgehead atoms. The maximum absolute atomic E-state index is 11.4. The van der Waals surface area contributed by atoms with Gasteiger partial charge in [0.25, 0.3) is 0 Å². The summed E-state index contributed by atoms with van der Waals surface area (Å²) in [6.45, 7) is 3.69. The van der Waals surface area contributed by atoms with Crippen LogP contribution in [0.3, 0.4) is 0 Å². The average Bonchev–Trinajstić information content (AvgIpc) is 3.27. The lowest BCUT2D eigenvalue weighted by Gasteiger charge is -2.30. The number of hydrogen-bond acceptors (Lipinski definition) is 7. The van der Waals surface area contributed by atoms with E-state index in [-0.39, 0.29) is 0 Å². The molecule has 1 saturated carbocycles. The van der Waals surface area contributed by atoms with Gasteiger partial charge in [-0.1, -0.05) is 43.0 Å². The van der Waals surface area contributed by atoms with Crippen LogP contribution in [0.15, 0.2) is 36.5 Å². The number of aryl methyl sites for hydroxylation is 1. The van der Waals surface area contributed by atoms with Crippen LogP contribution >= 0.6 is 11.3 Å². The number of nitrogens with zero attached hydrogens (tertiary/aromatic N) is 3. The van der Waals surface area contributed by atoms with Gasteiger partial charge in [-0.25, -0.2) is 15.0 Å². The Bertz CT molecular complexity index is 1070. The standard InChI is InChI=1S/C25H31N5OS/c1-17-6-5-7-18(16-17)21-22(32-23(30-21)25(31)11-14-26-15-12-25)20-10-13-27-24(29-20)28-19-8-3-2-4-9-19/h5-7,10,13,16,19,26,31H,2-4,8-9,11-12,14-15H2,1H3,(H,27,28,29). The van der Waals surface area contributed by atoms with Gasteiger partial charge in [0.05, 0.1) is 16.3 Å². The molecule has 1 aromatic carbocycles. The number of rotatable bonds is 5. The summed E-state index contributed by atoms with van der Waals surface area (Å²) in [6, 6.07) is 10.8. The van der Waals surface area contributed by atoms with Crippen molar-refractivity contribution in [1.29, 1.82) is 0 Å². The van der Waals surface area contributed by atoms with Gasteiger partial charge in [-0.05, 0) is 57.8 Å². The molecule has 0 unspecified atom stereocenters. The summed E-state index contributed by atoms with van der Waals surface area (Å²) in [5.41, 5.74) is 3.11. The molecule has 0 atom stereocenters. The quantitative estimate of drug-likeness (QED) is 0.514. The summed E-state index contributed by atoms with van der Waals surface area (Å²) in [7, 11) is 0. The Morgan fingerprint density at radius 1 is 1.09 bits per heavy atom. The molecule has 0 amide bonds. The van der Waals surface area contributed by atoms with Crippen molar-refractivity contribution in [2.75, 3.05) is 18.4 Å². The number of aromatic nitrogens is 3. The maximum atomic E-state index is 11.4. The van der Waals surface area contributed by atoms with Crippen molar-refractivity contribution in [2.24, 2.45) is 0 Å². The van der Waals surface area contributed by atoms with Crippen LogP contribution in [0.4, 0.5) is 5.95 Å². The van der Waals surface area contributed by atoms with Crippen LogP contribution in [0.1, 0.15) is 55.5 Å². The van der Waals surface area contributed by atoms with Crippen LogP contribution in [0.25, 0.3) is 21.8 Å². The van der Waals surface area contributed by atoms with E-state index in [0.717, 1.165) is 39.9 Å². The minimum Gasteiger partial charge on any atom is -0.383 e. The van der Waals surface area contributed by atoms with Gasteiger partial charge in [0.15, 0.2) is 0 Å². The molecule has 168 valence electrons. The fourth-order valence-electron chi connectivity index (χ4n) is 4.72. The summed E-state index contributed by atoms with van der Waals surface area (Å²) < 4.78 is 0. The van der Waals surface area contributed by atoms with Gasteiger partial charge in [0.1, 0.15) is 10.6 Å². The molecule has 1 saturated heterocycles. The first-order valence-electron chi connectivity index (χ1n) is 11.7. The van der Waals surface area contributed by atoms with Crippen LogP contribution in [0.5, 0.6) is 0 Å². The van der Waals surface area contributed by atoms with Crippen molar-refractivity contribution in [3.8, 4) is 21.8 Å². The molecule has 6 nitrogen and oxygen atoms in total. The van der Waals surface area contributed by atoms with Crippen molar-refractivity contribution in [3.05, 3.63) is 47.1 Å². The number of hydrogen-bond donors (Lipinski definition) is 3. The molecular formula is C25H31N5OS. The van der Waals surface area contributed by atoms with E-state index < -0.39 is 5.60 Å². The Kier molecular flexibility index (Phi) is 6.22. The van der Waals surface area contributed by atoms with Crippen LogP contribution in [-0.4, -0.2) is 39.2 Å². The lowest BCUT2D eigenvalue weighted by atomic mass is 9.93. The monoisotopic (exact) mass is 449 g/mol. The first-order chi connectivity index (χ1) is 15.6. The van der Waals surface area contributed by atoms with Crippen molar-refractivity contribution < 1.29 is 5.11 Å². The largest absolute Gasteiger partial charge is 0.383 e. The molecule has 2 aromatic heterocycles. The minimum absolute atomic E-state index is 0.447. The second-order valence-corrected chi connectivity index (χ2v) is 10.1. The molecule has 0 spiro atoms. The zero-order valence-electron chi connectivity index (χ0n) is 18.6. The second-order valence-electron chi connectivity index (χ2n) is 9.09. The fourth-order valence-corrected chi connectivity index (χ4v) is 5.92. The second kappa shape index (κ2) is 9.25. The SMILES string of the molecule is Cc1cccc(-c2nc(C3(O)CCNCC3)sc2-c2ccnc(NC3CCCCC3)n2)c1. The Hall–Kier alpha value is -2.35. The van der Waals surface area contributed by atoms with Gasteiger partial charge in [-0.2, -0.15) is 0 Å². The average molecular weight is 450 g/mol. The third kappa shape index (κ3) is 4.56. The molecule has 7 heteroatoms. The van der Waals surface area contributed by atoms with Crippen molar-refractivity contribution >= 4 is 17.3 Å². The molecule has 0 radical (unpaired) electrons. The molecular weight excluding hydrogens is 418 g/mol. The summed E-state index contributed by atoms with van der Waals surface area (Å²) in [6.07, 6.45) is 9.37. The predicted octanol–water partition coefficient (Wildman–Crippen LogP) is 4.89. The number of nitrogens with one attached hydrogen (secondary N) is 2. The highest BCUT2D eigenvalue weighted by Crippen LogP contribution is 2.42. The number of benzene rings is 1. The first-order valence-corrected chi connectivity index (χ1v) is 12.5. The smallest absolute Gasteiger partial charge is 0.223 e. The Morgan fingerprint density at radius 2 is 1.91 bits per heavy atom. The molecule has 32 heavy (non-hydrogen) atoms. The third-order valence-corrected chi connectivity index (χ3v) is 7.85. The lowest BCUT2D eigenvalue weighted by molar-refractivity contribution is 0.00582. The van der Waals surface area contributed by atoms with Gasteiger partial charge in [-0.15, -0.1) is 11.3 Å². The van der Waals surface area contributed by atoms with E-state index in [1.54, 1.807) is 11.3 Å². The van der Waals surface area contributed by atoms with Crippen LogP contribution in [-0.2, 0) is 5.60 Å². The van der Waals surface area contributed by atoms with Gasteiger partial charge in [0.2, 0.25) is 5.95 Å². The van der Waals surface area contributed by atoms with E-state index in [1.165, 1.54) is 37.7 Å². The van der Waals surface area contributed by atoms with E-state index in [9.17, 15) is 5.11 Å². The Balaban J connectivity index is 1.54. The zero-order chi connectivity index (χ0) is 22.0. The molecule has 1 aliphatic heterocycles. The molecule has 3 N–H and O–H groups in total. The Labute approximate surface area is 193 Å². The van der Waals surface area contributed by atoms with E-state index in [2.05, 4.69) is 46.8 Å². The first kappa shape index (κ1) is 21.5. The Morgan fingerprint density at radius 3 is 2.69 bits per heavy atom. The molecule has 5 rings (SSSR count). The minimum atomic E-state index is -0.886. The van der Waals surface area contributed by atoms with E-state index >= 15 is 0 Å². The molecule has 2 fully saturated rings. The number of anilines is 1. The highest BCUT2D eigenvalue weighted by molar-refractivity contribution is 7.15.